The zero-order chi connectivity index (χ0) is 12.4. The number of nitrogens with one attached hydrogen (secondary N) is 1. The SMILES string of the molecule is Fc1c(NCc2cnc(Cl)s2)ccc(Cl)c1Cl. The van der Waals surface area contributed by atoms with Crippen molar-refractivity contribution in [2.45, 2.75) is 6.54 Å². The Balaban J connectivity index is 2.12. The predicted molar refractivity (Wildman–Crippen MR) is 70.9 cm³/mol. The van der Waals surface area contributed by atoms with Gasteiger partial charge in [-0.15, -0.1) is 11.3 Å². The minimum atomic E-state index is -0.560. The molecule has 2 aromatic rings. The van der Waals surface area contributed by atoms with Gasteiger partial charge in [0.2, 0.25) is 0 Å². The molecular weight excluding hydrogens is 306 g/mol. The van der Waals surface area contributed by atoms with Crippen LogP contribution in [0.5, 0.6) is 0 Å². The third kappa shape index (κ3) is 3.01. The molecule has 0 fully saturated rings. The Morgan fingerprint density at radius 3 is 2.71 bits per heavy atom. The molecule has 0 aliphatic carbocycles. The maximum atomic E-state index is 13.7. The van der Waals surface area contributed by atoms with Gasteiger partial charge in [0.15, 0.2) is 10.3 Å². The average Bonchev–Trinajstić information content (AvgIpc) is 2.71. The molecule has 0 aliphatic rings. The quantitative estimate of drug-likeness (QED) is 0.819. The maximum absolute atomic E-state index is 13.7. The Morgan fingerprint density at radius 2 is 2.06 bits per heavy atom. The van der Waals surface area contributed by atoms with Crippen molar-refractivity contribution in [1.82, 2.24) is 4.98 Å². The third-order valence-corrected chi connectivity index (χ3v) is 3.91. The number of hydrogen-bond acceptors (Lipinski definition) is 3. The molecule has 0 radical (unpaired) electrons. The van der Waals surface area contributed by atoms with E-state index in [4.69, 9.17) is 34.8 Å². The number of thiazole rings is 1. The summed E-state index contributed by atoms with van der Waals surface area (Å²) < 4.78 is 14.1. The zero-order valence-electron chi connectivity index (χ0n) is 8.31. The van der Waals surface area contributed by atoms with E-state index in [0.717, 1.165) is 4.88 Å². The Morgan fingerprint density at radius 1 is 1.29 bits per heavy atom. The van der Waals surface area contributed by atoms with Gasteiger partial charge in [0.05, 0.1) is 22.3 Å². The van der Waals surface area contributed by atoms with E-state index in [1.54, 1.807) is 6.20 Å². The van der Waals surface area contributed by atoms with Crippen molar-refractivity contribution < 1.29 is 4.39 Å². The summed E-state index contributed by atoms with van der Waals surface area (Å²) in [4.78, 5) is 4.79. The molecule has 1 aromatic heterocycles. The minimum Gasteiger partial charge on any atom is -0.378 e. The van der Waals surface area contributed by atoms with Gasteiger partial charge in [0.1, 0.15) is 0 Å². The molecule has 0 spiro atoms. The van der Waals surface area contributed by atoms with E-state index < -0.39 is 5.82 Å². The Bertz CT molecular complexity index is 544. The molecule has 0 atom stereocenters. The number of rotatable bonds is 3. The van der Waals surface area contributed by atoms with Crippen LogP contribution in [0.3, 0.4) is 0 Å². The van der Waals surface area contributed by atoms with E-state index in [-0.39, 0.29) is 10.0 Å². The van der Waals surface area contributed by atoms with Gasteiger partial charge in [-0.1, -0.05) is 34.8 Å². The number of aromatic nitrogens is 1. The fraction of sp³-hybridized carbons (Fsp3) is 0.100. The van der Waals surface area contributed by atoms with Crippen LogP contribution in [0.15, 0.2) is 18.3 Å². The van der Waals surface area contributed by atoms with Crippen molar-refractivity contribution in [1.29, 1.82) is 0 Å². The molecule has 7 heteroatoms. The van der Waals surface area contributed by atoms with Crippen molar-refractivity contribution in [2.24, 2.45) is 0 Å². The summed E-state index contributed by atoms with van der Waals surface area (Å²) >= 11 is 18.4. The third-order valence-electron chi connectivity index (χ3n) is 2.01. The van der Waals surface area contributed by atoms with E-state index in [0.29, 0.717) is 16.7 Å². The van der Waals surface area contributed by atoms with Gasteiger partial charge in [-0.2, -0.15) is 0 Å². The summed E-state index contributed by atoms with van der Waals surface area (Å²) in [6, 6.07) is 3.07. The summed E-state index contributed by atoms with van der Waals surface area (Å²) in [5, 5.41) is 3.01. The van der Waals surface area contributed by atoms with E-state index in [1.807, 2.05) is 0 Å². The van der Waals surface area contributed by atoms with Gasteiger partial charge in [0.25, 0.3) is 0 Å². The highest BCUT2D eigenvalue weighted by Crippen LogP contribution is 2.30. The predicted octanol–water partition coefficient (Wildman–Crippen LogP) is 4.85. The highest BCUT2D eigenvalue weighted by atomic mass is 35.5. The molecule has 0 aliphatic heterocycles. The van der Waals surface area contributed by atoms with Crippen LogP contribution in [-0.4, -0.2) is 4.98 Å². The first kappa shape index (κ1) is 12.9. The lowest BCUT2D eigenvalue weighted by atomic mass is 10.3. The van der Waals surface area contributed by atoms with Crippen LogP contribution < -0.4 is 5.32 Å². The molecular formula is C10H6Cl3FN2S. The molecule has 1 heterocycles. The Kier molecular flexibility index (Phi) is 4.09. The first-order valence-corrected chi connectivity index (χ1v) is 6.50. The van der Waals surface area contributed by atoms with Crippen molar-refractivity contribution in [2.75, 3.05) is 5.32 Å². The summed E-state index contributed by atoms with van der Waals surface area (Å²) in [6.07, 6.45) is 1.63. The molecule has 0 unspecified atom stereocenters. The molecule has 0 saturated carbocycles. The van der Waals surface area contributed by atoms with E-state index in [9.17, 15) is 4.39 Å². The molecule has 0 amide bonds. The van der Waals surface area contributed by atoms with Gasteiger partial charge < -0.3 is 5.32 Å². The maximum Gasteiger partial charge on any atom is 0.183 e. The summed E-state index contributed by atoms with van der Waals surface area (Å²) in [6.45, 7) is 0.430. The van der Waals surface area contributed by atoms with Crippen LogP contribution in [0.4, 0.5) is 10.1 Å². The second-order valence-electron chi connectivity index (χ2n) is 3.16. The highest BCUT2D eigenvalue weighted by molar-refractivity contribution is 7.15. The topological polar surface area (TPSA) is 24.9 Å². The van der Waals surface area contributed by atoms with Gasteiger partial charge in [-0.25, -0.2) is 9.37 Å². The summed E-state index contributed by atoms with van der Waals surface area (Å²) in [7, 11) is 0. The summed E-state index contributed by atoms with van der Waals surface area (Å²) in [5.74, 6) is -0.560. The second-order valence-corrected chi connectivity index (χ2v) is 5.64. The van der Waals surface area contributed by atoms with Crippen LogP contribution in [0.1, 0.15) is 4.88 Å². The molecule has 1 N–H and O–H groups in total. The average molecular weight is 312 g/mol. The van der Waals surface area contributed by atoms with Crippen molar-refractivity contribution >= 4 is 51.8 Å². The molecule has 2 nitrogen and oxygen atoms in total. The number of anilines is 1. The standard InChI is InChI=1S/C10H6Cl3FN2S/c11-6-1-2-7(9(14)8(6)12)15-3-5-4-16-10(13)17-5/h1-2,4,15H,3H2. The first-order chi connectivity index (χ1) is 8.08. The molecule has 17 heavy (non-hydrogen) atoms. The van der Waals surface area contributed by atoms with E-state index in [1.165, 1.54) is 23.5 Å². The summed E-state index contributed by atoms with van der Waals surface area (Å²) in [5.41, 5.74) is 0.295. The highest BCUT2D eigenvalue weighted by Gasteiger charge is 2.10. The largest absolute Gasteiger partial charge is 0.378 e. The van der Waals surface area contributed by atoms with Crippen LogP contribution in [0.2, 0.25) is 14.5 Å². The first-order valence-electron chi connectivity index (χ1n) is 4.55. The number of halogens is 4. The molecule has 90 valence electrons. The van der Waals surface area contributed by atoms with Crippen molar-refractivity contribution in [3.63, 3.8) is 0 Å². The van der Waals surface area contributed by atoms with E-state index >= 15 is 0 Å². The number of benzene rings is 1. The van der Waals surface area contributed by atoms with Crippen molar-refractivity contribution in [3.05, 3.63) is 43.5 Å². The molecule has 0 saturated heterocycles. The normalized spacial score (nSPS) is 10.6. The molecule has 0 bridgehead atoms. The van der Waals surface area contributed by atoms with Gasteiger partial charge in [0, 0.05) is 11.1 Å². The smallest absolute Gasteiger partial charge is 0.183 e. The monoisotopic (exact) mass is 310 g/mol. The zero-order valence-corrected chi connectivity index (χ0v) is 11.4. The Labute approximate surface area is 116 Å². The van der Waals surface area contributed by atoms with Gasteiger partial charge in [-0.3, -0.25) is 0 Å². The number of nitrogens with zero attached hydrogens (tertiary/aromatic N) is 1. The van der Waals surface area contributed by atoms with Gasteiger partial charge >= 0.3 is 0 Å². The number of hydrogen-bond donors (Lipinski definition) is 1. The lowest BCUT2D eigenvalue weighted by molar-refractivity contribution is 0.630. The van der Waals surface area contributed by atoms with Crippen LogP contribution in [-0.2, 0) is 6.54 Å². The van der Waals surface area contributed by atoms with Crippen LogP contribution in [0.25, 0.3) is 0 Å². The lowest BCUT2D eigenvalue weighted by Gasteiger charge is -2.07. The van der Waals surface area contributed by atoms with Crippen LogP contribution in [0, 0.1) is 5.82 Å². The minimum absolute atomic E-state index is 0.0843. The second kappa shape index (κ2) is 5.40. The van der Waals surface area contributed by atoms with Crippen molar-refractivity contribution in [3.8, 4) is 0 Å². The van der Waals surface area contributed by atoms with Crippen LogP contribution >= 0.6 is 46.1 Å². The van der Waals surface area contributed by atoms with E-state index in [2.05, 4.69) is 10.3 Å². The molecule has 2 rings (SSSR count). The van der Waals surface area contributed by atoms with Gasteiger partial charge in [-0.05, 0) is 12.1 Å². The fourth-order valence-corrected chi connectivity index (χ4v) is 2.44. The fourth-order valence-electron chi connectivity index (χ4n) is 1.21. The lowest BCUT2D eigenvalue weighted by Crippen LogP contribution is -2.00. The molecule has 1 aromatic carbocycles. The Hall–Kier alpha value is -0.550.